The average molecular weight is 284 g/mol. The van der Waals surface area contributed by atoms with Gasteiger partial charge in [0.25, 0.3) is 0 Å². The van der Waals surface area contributed by atoms with Crippen LogP contribution in [0.2, 0.25) is 0 Å². The van der Waals surface area contributed by atoms with Gasteiger partial charge in [-0.1, -0.05) is 12.1 Å². The number of rotatable bonds is 5. The van der Waals surface area contributed by atoms with Gasteiger partial charge in [0.05, 0.1) is 0 Å². The van der Waals surface area contributed by atoms with Crippen molar-refractivity contribution in [3.8, 4) is 5.75 Å². The first-order valence-corrected chi connectivity index (χ1v) is 8.01. The molecular weight excluding hydrogens is 264 g/mol. The fourth-order valence-corrected chi connectivity index (χ4v) is 3.52. The van der Waals surface area contributed by atoms with Crippen LogP contribution in [0.5, 0.6) is 5.75 Å². The average Bonchev–Trinajstić information content (AvgIpc) is 2.90. The minimum Gasteiger partial charge on any atom is -0.507 e. The topological polar surface area (TPSA) is 69.6 Å². The molecule has 0 bridgehead atoms. The van der Waals surface area contributed by atoms with Crippen LogP contribution in [0.3, 0.4) is 0 Å². The zero-order chi connectivity index (χ0) is 13.9. The SMILES string of the molecule is CC(CNS(=O)(=O)c1ccccc1O)N1CCCC1. The van der Waals surface area contributed by atoms with Crippen LogP contribution >= 0.6 is 0 Å². The Morgan fingerprint density at radius 1 is 1.32 bits per heavy atom. The predicted octanol–water partition coefficient (Wildman–Crippen LogP) is 1.15. The summed E-state index contributed by atoms with van der Waals surface area (Å²) in [6, 6.07) is 6.14. The Kier molecular flexibility index (Phi) is 4.44. The van der Waals surface area contributed by atoms with Gasteiger partial charge in [0, 0.05) is 12.6 Å². The van der Waals surface area contributed by atoms with Crippen molar-refractivity contribution in [3.63, 3.8) is 0 Å². The molecule has 0 aromatic heterocycles. The molecule has 1 aliphatic heterocycles. The molecule has 1 atom stereocenters. The summed E-state index contributed by atoms with van der Waals surface area (Å²) < 4.78 is 26.7. The van der Waals surface area contributed by atoms with Gasteiger partial charge in [-0.15, -0.1) is 0 Å². The molecule has 0 amide bonds. The van der Waals surface area contributed by atoms with Gasteiger partial charge in [-0.2, -0.15) is 0 Å². The van der Waals surface area contributed by atoms with Gasteiger partial charge in [-0.3, -0.25) is 4.90 Å². The van der Waals surface area contributed by atoms with Crippen molar-refractivity contribution >= 4 is 10.0 Å². The first-order valence-electron chi connectivity index (χ1n) is 6.52. The Balaban J connectivity index is 2.00. The van der Waals surface area contributed by atoms with E-state index in [2.05, 4.69) is 9.62 Å². The Morgan fingerprint density at radius 2 is 1.95 bits per heavy atom. The molecule has 0 radical (unpaired) electrons. The highest BCUT2D eigenvalue weighted by molar-refractivity contribution is 7.89. The molecule has 6 heteroatoms. The summed E-state index contributed by atoms with van der Waals surface area (Å²) >= 11 is 0. The van der Waals surface area contributed by atoms with Crippen molar-refractivity contribution in [1.82, 2.24) is 9.62 Å². The van der Waals surface area contributed by atoms with Crippen LogP contribution in [0.15, 0.2) is 29.2 Å². The second kappa shape index (κ2) is 5.90. The van der Waals surface area contributed by atoms with E-state index in [0.717, 1.165) is 13.1 Å². The maximum Gasteiger partial charge on any atom is 0.244 e. The van der Waals surface area contributed by atoms with E-state index < -0.39 is 10.0 Å². The largest absolute Gasteiger partial charge is 0.507 e. The molecular formula is C13H20N2O3S. The number of phenolic OH excluding ortho intramolecular Hbond substituents is 1. The molecule has 106 valence electrons. The quantitative estimate of drug-likeness (QED) is 0.851. The van der Waals surface area contributed by atoms with Gasteiger partial charge >= 0.3 is 0 Å². The summed E-state index contributed by atoms with van der Waals surface area (Å²) in [5.74, 6) is -0.219. The van der Waals surface area contributed by atoms with E-state index in [-0.39, 0.29) is 16.7 Å². The third-order valence-electron chi connectivity index (χ3n) is 3.49. The number of likely N-dealkylation sites (tertiary alicyclic amines) is 1. The van der Waals surface area contributed by atoms with Gasteiger partial charge in [0.1, 0.15) is 10.6 Å². The molecule has 2 rings (SSSR count). The number of aromatic hydroxyl groups is 1. The zero-order valence-electron chi connectivity index (χ0n) is 11.0. The molecule has 1 aromatic carbocycles. The second-order valence-electron chi connectivity index (χ2n) is 4.91. The lowest BCUT2D eigenvalue weighted by atomic mass is 10.3. The highest BCUT2D eigenvalue weighted by Crippen LogP contribution is 2.21. The lowest BCUT2D eigenvalue weighted by Gasteiger charge is -2.23. The molecule has 1 aliphatic rings. The van der Waals surface area contributed by atoms with Crippen LogP contribution in [-0.4, -0.2) is 44.1 Å². The van der Waals surface area contributed by atoms with Crippen LogP contribution in [0.1, 0.15) is 19.8 Å². The van der Waals surface area contributed by atoms with Gasteiger partial charge in [-0.05, 0) is 45.0 Å². The van der Waals surface area contributed by atoms with Crippen LogP contribution in [0.4, 0.5) is 0 Å². The second-order valence-corrected chi connectivity index (χ2v) is 6.65. The van der Waals surface area contributed by atoms with E-state index in [9.17, 15) is 13.5 Å². The summed E-state index contributed by atoms with van der Waals surface area (Å²) in [6.45, 7) is 4.42. The molecule has 1 saturated heterocycles. The van der Waals surface area contributed by atoms with Crippen LogP contribution in [-0.2, 0) is 10.0 Å². The third kappa shape index (κ3) is 3.46. The van der Waals surface area contributed by atoms with Crippen molar-refractivity contribution in [1.29, 1.82) is 0 Å². The fourth-order valence-electron chi connectivity index (χ4n) is 2.30. The molecule has 1 heterocycles. The lowest BCUT2D eigenvalue weighted by Crippen LogP contribution is -2.40. The Morgan fingerprint density at radius 3 is 2.58 bits per heavy atom. The third-order valence-corrected chi connectivity index (χ3v) is 4.96. The summed E-state index contributed by atoms with van der Waals surface area (Å²) in [7, 11) is -3.64. The minimum atomic E-state index is -3.64. The maximum absolute atomic E-state index is 12.1. The normalized spacial score (nSPS) is 18.6. The number of benzene rings is 1. The Hall–Kier alpha value is -1.11. The van der Waals surface area contributed by atoms with Crippen molar-refractivity contribution in [3.05, 3.63) is 24.3 Å². The van der Waals surface area contributed by atoms with Gasteiger partial charge in [0.15, 0.2) is 0 Å². The molecule has 2 N–H and O–H groups in total. The molecule has 0 saturated carbocycles. The van der Waals surface area contributed by atoms with Crippen molar-refractivity contribution in [2.24, 2.45) is 0 Å². The highest BCUT2D eigenvalue weighted by atomic mass is 32.2. The number of sulfonamides is 1. The first-order chi connectivity index (χ1) is 9.00. The molecule has 1 aromatic rings. The van der Waals surface area contributed by atoms with Crippen molar-refractivity contribution in [2.75, 3.05) is 19.6 Å². The van der Waals surface area contributed by atoms with Gasteiger partial charge in [0.2, 0.25) is 10.0 Å². The molecule has 5 nitrogen and oxygen atoms in total. The van der Waals surface area contributed by atoms with Crippen molar-refractivity contribution in [2.45, 2.75) is 30.7 Å². The number of para-hydroxylation sites is 1. The Bertz CT molecular complexity index is 524. The van der Waals surface area contributed by atoms with E-state index in [4.69, 9.17) is 0 Å². The smallest absolute Gasteiger partial charge is 0.244 e. The standard InChI is InChI=1S/C13H20N2O3S/c1-11(15-8-4-5-9-15)10-14-19(17,18)13-7-3-2-6-12(13)16/h2-3,6-7,11,14,16H,4-5,8-10H2,1H3. The number of phenols is 1. The molecule has 19 heavy (non-hydrogen) atoms. The lowest BCUT2D eigenvalue weighted by molar-refractivity contribution is 0.260. The van der Waals surface area contributed by atoms with Crippen LogP contribution in [0.25, 0.3) is 0 Å². The van der Waals surface area contributed by atoms with E-state index >= 15 is 0 Å². The number of hydrogen-bond acceptors (Lipinski definition) is 4. The minimum absolute atomic E-state index is 0.0661. The first kappa shape index (κ1) is 14.3. The van der Waals surface area contributed by atoms with E-state index in [1.807, 2.05) is 6.92 Å². The number of hydrogen-bond donors (Lipinski definition) is 2. The molecule has 1 fully saturated rings. The highest BCUT2D eigenvalue weighted by Gasteiger charge is 2.22. The van der Waals surface area contributed by atoms with Gasteiger partial charge in [-0.25, -0.2) is 13.1 Å². The monoisotopic (exact) mass is 284 g/mol. The zero-order valence-corrected chi connectivity index (χ0v) is 11.9. The molecule has 0 spiro atoms. The van der Waals surface area contributed by atoms with Crippen LogP contribution < -0.4 is 4.72 Å². The van der Waals surface area contributed by atoms with Crippen molar-refractivity contribution < 1.29 is 13.5 Å². The van der Waals surface area contributed by atoms with E-state index in [1.165, 1.54) is 25.0 Å². The molecule has 1 unspecified atom stereocenters. The number of nitrogens with zero attached hydrogens (tertiary/aromatic N) is 1. The van der Waals surface area contributed by atoms with Crippen LogP contribution in [0, 0.1) is 0 Å². The number of nitrogens with one attached hydrogen (secondary N) is 1. The summed E-state index contributed by atoms with van der Waals surface area (Å²) in [4.78, 5) is 2.21. The van der Waals surface area contributed by atoms with E-state index in [0.29, 0.717) is 6.54 Å². The van der Waals surface area contributed by atoms with Gasteiger partial charge < -0.3 is 5.11 Å². The summed E-state index contributed by atoms with van der Waals surface area (Å²) in [5.41, 5.74) is 0. The summed E-state index contributed by atoms with van der Waals surface area (Å²) in [5, 5.41) is 9.59. The molecule has 0 aliphatic carbocycles. The van der Waals surface area contributed by atoms with E-state index in [1.54, 1.807) is 12.1 Å². The Labute approximate surface area is 114 Å². The fraction of sp³-hybridized carbons (Fsp3) is 0.538. The predicted molar refractivity (Wildman–Crippen MR) is 73.6 cm³/mol. The summed E-state index contributed by atoms with van der Waals surface area (Å²) in [6.07, 6.45) is 2.35. The maximum atomic E-state index is 12.1.